The summed E-state index contributed by atoms with van der Waals surface area (Å²) in [5.41, 5.74) is 2.21. The number of quaternary nitrogens is 2. The Morgan fingerprint density at radius 1 is 0.690 bits per heavy atom. The normalized spacial score (nSPS) is 11.8. The van der Waals surface area contributed by atoms with E-state index in [1.54, 1.807) is 0 Å². The standard InChI is InChI=1S/C24H28N2O2S/c1-5-17-25(18-6-2)21-9-13-23(14-10-21)28-29(27)24-15-11-22(12-16-24)26(19-7-3)20-8-4/h5-16H,1-4,17-20H2/p+2. The molecular weight excluding hydrogens is 380 g/mol. The topological polar surface area (TPSA) is 35.2 Å². The second kappa shape index (κ2) is 12.0. The molecule has 0 radical (unpaired) electrons. The van der Waals surface area contributed by atoms with Crippen molar-refractivity contribution in [2.45, 2.75) is 4.90 Å². The van der Waals surface area contributed by atoms with Crippen LogP contribution in [0.2, 0.25) is 0 Å². The molecule has 2 aromatic rings. The van der Waals surface area contributed by atoms with Crippen molar-refractivity contribution in [3.63, 3.8) is 0 Å². The van der Waals surface area contributed by atoms with E-state index in [9.17, 15) is 4.21 Å². The van der Waals surface area contributed by atoms with Crippen molar-refractivity contribution in [1.82, 2.24) is 0 Å². The molecule has 152 valence electrons. The van der Waals surface area contributed by atoms with Crippen LogP contribution in [0.1, 0.15) is 0 Å². The predicted molar refractivity (Wildman–Crippen MR) is 121 cm³/mol. The largest absolute Gasteiger partial charge is 0.397 e. The van der Waals surface area contributed by atoms with E-state index >= 15 is 0 Å². The highest BCUT2D eigenvalue weighted by Gasteiger charge is 2.13. The highest BCUT2D eigenvalue weighted by atomic mass is 32.2. The van der Waals surface area contributed by atoms with Crippen LogP contribution in [0.4, 0.5) is 11.4 Å². The molecule has 2 aromatic carbocycles. The zero-order chi connectivity index (χ0) is 21.1. The van der Waals surface area contributed by atoms with Crippen LogP contribution in [0.3, 0.4) is 0 Å². The summed E-state index contributed by atoms with van der Waals surface area (Å²) in [4.78, 5) is 3.10. The molecule has 0 aliphatic heterocycles. The highest BCUT2D eigenvalue weighted by Crippen LogP contribution is 2.18. The summed E-state index contributed by atoms with van der Waals surface area (Å²) in [6.45, 7) is 18.4. The van der Waals surface area contributed by atoms with Crippen molar-refractivity contribution in [2.75, 3.05) is 26.2 Å². The summed E-state index contributed by atoms with van der Waals surface area (Å²) in [7, 11) is 0. The first-order valence-electron chi connectivity index (χ1n) is 9.56. The van der Waals surface area contributed by atoms with Crippen LogP contribution in [0.5, 0.6) is 5.75 Å². The van der Waals surface area contributed by atoms with Crippen molar-refractivity contribution < 1.29 is 18.2 Å². The van der Waals surface area contributed by atoms with Gasteiger partial charge in [-0.05, 0) is 48.6 Å². The minimum absolute atomic E-state index is 0.568. The first-order valence-corrected chi connectivity index (χ1v) is 10.6. The van der Waals surface area contributed by atoms with Gasteiger partial charge in [0.2, 0.25) is 11.1 Å². The van der Waals surface area contributed by atoms with Gasteiger partial charge in [0.15, 0.2) is 0 Å². The molecule has 2 N–H and O–H groups in total. The average molecular weight is 411 g/mol. The first kappa shape index (κ1) is 22.6. The number of hydrogen-bond acceptors (Lipinski definition) is 2. The predicted octanol–water partition coefficient (Wildman–Crippen LogP) is 2.57. The Labute approximate surface area is 176 Å². The molecule has 0 fully saturated rings. The number of nitrogens with one attached hydrogen (secondary N) is 2. The van der Waals surface area contributed by atoms with E-state index in [2.05, 4.69) is 26.3 Å². The summed E-state index contributed by atoms with van der Waals surface area (Å²) < 4.78 is 18.2. The van der Waals surface area contributed by atoms with Crippen molar-refractivity contribution >= 4 is 22.5 Å². The molecule has 0 aromatic heterocycles. The molecule has 0 saturated heterocycles. The number of benzene rings is 2. The van der Waals surface area contributed by atoms with Crippen LogP contribution in [-0.4, -0.2) is 30.4 Å². The average Bonchev–Trinajstić information content (AvgIpc) is 2.74. The summed E-state index contributed by atoms with van der Waals surface area (Å²) in [6.07, 6.45) is 7.53. The fourth-order valence-electron chi connectivity index (χ4n) is 3.02. The fraction of sp³-hybridized carbons (Fsp3) is 0.167. The van der Waals surface area contributed by atoms with Crippen molar-refractivity contribution in [1.29, 1.82) is 0 Å². The smallest absolute Gasteiger partial charge is 0.240 e. The Hall–Kier alpha value is -2.73. The minimum atomic E-state index is -1.58. The monoisotopic (exact) mass is 410 g/mol. The van der Waals surface area contributed by atoms with E-state index in [1.807, 2.05) is 72.8 Å². The van der Waals surface area contributed by atoms with Gasteiger partial charge in [-0.25, -0.2) is 4.21 Å². The second-order valence-corrected chi connectivity index (χ2v) is 7.65. The van der Waals surface area contributed by atoms with Gasteiger partial charge < -0.3 is 4.18 Å². The van der Waals surface area contributed by atoms with E-state index in [-0.39, 0.29) is 0 Å². The molecule has 1 unspecified atom stereocenters. The first-order chi connectivity index (χ1) is 14.1. The molecule has 0 aliphatic rings. The van der Waals surface area contributed by atoms with Crippen LogP contribution >= 0.6 is 0 Å². The second-order valence-electron chi connectivity index (χ2n) is 6.55. The molecule has 29 heavy (non-hydrogen) atoms. The molecule has 0 aliphatic carbocycles. The Morgan fingerprint density at radius 3 is 1.45 bits per heavy atom. The van der Waals surface area contributed by atoms with Gasteiger partial charge in [-0.15, -0.1) is 0 Å². The lowest BCUT2D eigenvalue weighted by atomic mass is 10.2. The third kappa shape index (κ3) is 6.68. The zero-order valence-electron chi connectivity index (χ0n) is 16.8. The Balaban J connectivity index is 2.05. The lowest BCUT2D eigenvalue weighted by Crippen LogP contribution is -3.06. The fourth-order valence-corrected chi connectivity index (χ4v) is 3.76. The van der Waals surface area contributed by atoms with Crippen LogP contribution in [0, 0.1) is 0 Å². The van der Waals surface area contributed by atoms with E-state index in [0.29, 0.717) is 10.6 Å². The molecule has 0 spiro atoms. The maximum absolute atomic E-state index is 12.6. The van der Waals surface area contributed by atoms with Crippen LogP contribution in [0.15, 0.2) is 104 Å². The third-order valence-electron chi connectivity index (χ3n) is 4.45. The van der Waals surface area contributed by atoms with Gasteiger partial charge in [-0.3, -0.25) is 9.80 Å². The molecule has 0 heterocycles. The third-order valence-corrected chi connectivity index (χ3v) is 5.45. The quantitative estimate of drug-likeness (QED) is 0.498. The van der Waals surface area contributed by atoms with Gasteiger partial charge in [-0.1, -0.05) is 26.3 Å². The number of hydrogen-bond donors (Lipinski definition) is 2. The minimum Gasteiger partial charge on any atom is -0.397 e. The molecule has 0 saturated carbocycles. The van der Waals surface area contributed by atoms with Crippen molar-refractivity contribution in [3.8, 4) is 5.75 Å². The molecule has 1 atom stereocenters. The maximum Gasteiger partial charge on any atom is 0.240 e. The molecule has 2 rings (SSSR count). The zero-order valence-corrected chi connectivity index (χ0v) is 17.6. The Kier molecular flexibility index (Phi) is 9.31. The summed E-state index contributed by atoms with van der Waals surface area (Å²) in [6, 6.07) is 15.2. The van der Waals surface area contributed by atoms with Crippen LogP contribution in [0.25, 0.3) is 0 Å². The summed E-state index contributed by atoms with van der Waals surface area (Å²) >= 11 is -1.58. The van der Waals surface area contributed by atoms with E-state index in [0.717, 1.165) is 37.6 Å². The van der Waals surface area contributed by atoms with E-state index in [1.165, 1.54) is 9.80 Å². The lowest BCUT2D eigenvalue weighted by Gasteiger charge is -2.16. The van der Waals surface area contributed by atoms with Gasteiger partial charge in [0.05, 0.1) is 4.90 Å². The highest BCUT2D eigenvalue weighted by molar-refractivity contribution is 7.80. The molecule has 0 bridgehead atoms. The van der Waals surface area contributed by atoms with Crippen LogP contribution in [-0.2, 0) is 11.1 Å². The number of rotatable bonds is 13. The van der Waals surface area contributed by atoms with Gasteiger partial charge in [-0.2, -0.15) is 0 Å². The van der Waals surface area contributed by atoms with Gasteiger partial charge in [0, 0.05) is 24.3 Å². The van der Waals surface area contributed by atoms with Gasteiger partial charge in [0.1, 0.15) is 43.3 Å². The van der Waals surface area contributed by atoms with E-state index < -0.39 is 11.1 Å². The molecule has 0 amide bonds. The summed E-state index contributed by atoms with van der Waals surface area (Å²) in [5.74, 6) is 0.568. The van der Waals surface area contributed by atoms with Gasteiger partial charge in [0.25, 0.3) is 0 Å². The Bertz CT molecular complexity index is 824. The summed E-state index contributed by atoms with van der Waals surface area (Å²) in [5, 5.41) is 0. The maximum atomic E-state index is 12.6. The SMILES string of the molecule is C=CC[NH+](CC=C)c1ccc(OS(=O)c2ccc([NH+](CC=C)CC=C)cc2)cc1. The molecule has 5 heteroatoms. The molecule has 4 nitrogen and oxygen atoms in total. The van der Waals surface area contributed by atoms with Gasteiger partial charge >= 0.3 is 0 Å². The van der Waals surface area contributed by atoms with Crippen LogP contribution < -0.4 is 14.0 Å². The molecular formula is C24H30N2O2S+2. The van der Waals surface area contributed by atoms with Crippen molar-refractivity contribution in [3.05, 3.63) is 99.2 Å². The van der Waals surface area contributed by atoms with Crippen molar-refractivity contribution in [2.24, 2.45) is 0 Å². The Morgan fingerprint density at radius 2 is 1.07 bits per heavy atom. The van der Waals surface area contributed by atoms with E-state index in [4.69, 9.17) is 4.18 Å². The lowest BCUT2D eigenvalue weighted by molar-refractivity contribution is -0.819.